The number of ether oxygens (including phenoxy) is 2. The first kappa shape index (κ1) is 9.19. The molecule has 2 rings (SSSR count). The molecule has 0 radical (unpaired) electrons. The van der Waals surface area contributed by atoms with Crippen LogP contribution in [0.1, 0.15) is 5.56 Å². The third kappa shape index (κ3) is 1.52. The number of hydrogen-bond donors (Lipinski definition) is 0. The summed E-state index contributed by atoms with van der Waals surface area (Å²) < 4.78 is 11.7. The van der Waals surface area contributed by atoms with Gasteiger partial charge in [-0.1, -0.05) is 28.1 Å². The van der Waals surface area contributed by atoms with Gasteiger partial charge >= 0.3 is 0 Å². The highest BCUT2D eigenvalue weighted by Crippen LogP contribution is 2.33. The van der Waals surface area contributed by atoms with Gasteiger partial charge in [-0.3, -0.25) is 0 Å². The molecule has 0 aromatic heterocycles. The Bertz CT molecular complexity index is 302. The number of hydrogen-bond acceptors (Lipinski definition) is 2. The largest absolute Gasteiger partial charge is 0.375 e. The molecule has 0 bridgehead atoms. The van der Waals surface area contributed by atoms with E-state index in [0.29, 0.717) is 13.2 Å². The molecule has 0 atom stereocenters. The highest BCUT2D eigenvalue weighted by Gasteiger charge is 2.40. The molecule has 1 aromatic carbocycles. The first-order chi connectivity index (χ1) is 6.27. The van der Waals surface area contributed by atoms with Gasteiger partial charge in [0.15, 0.2) is 0 Å². The van der Waals surface area contributed by atoms with Gasteiger partial charge in [0.05, 0.1) is 13.2 Å². The average Bonchev–Trinajstić information content (AvgIpc) is 2.03. The maximum Gasteiger partial charge on any atom is 0.139 e. The van der Waals surface area contributed by atoms with Gasteiger partial charge in [0.25, 0.3) is 0 Å². The quantitative estimate of drug-likeness (QED) is 0.793. The van der Waals surface area contributed by atoms with E-state index in [2.05, 4.69) is 28.1 Å². The first-order valence-corrected chi connectivity index (χ1v) is 4.95. The van der Waals surface area contributed by atoms with Gasteiger partial charge < -0.3 is 9.47 Å². The summed E-state index contributed by atoms with van der Waals surface area (Å²) in [6, 6.07) is 8.16. The predicted molar refractivity (Wildman–Crippen MR) is 53.6 cm³/mol. The maximum absolute atomic E-state index is 5.47. The van der Waals surface area contributed by atoms with Crippen LogP contribution in [0.5, 0.6) is 0 Å². The molecule has 1 aliphatic rings. The van der Waals surface area contributed by atoms with Gasteiger partial charge in [-0.15, -0.1) is 0 Å². The Morgan fingerprint density at radius 3 is 2.69 bits per heavy atom. The molecule has 70 valence electrons. The highest BCUT2D eigenvalue weighted by atomic mass is 79.9. The van der Waals surface area contributed by atoms with Crippen LogP contribution in [0.3, 0.4) is 0 Å². The SMILES string of the molecule is COC1(c2cccc(Br)c2)COC1. The summed E-state index contributed by atoms with van der Waals surface area (Å²) >= 11 is 3.44. The highest BCUT2D eigenvalue weighted by molar-refractivity contribution is 9.10. The van der Waals surface area contributed by atoms with Crippen LogP contribution in [0.15, 0.2) is 28.7 Å². The van der Waals surface area contributed by atoms with Crippen LogP contribution < -0.4 is 0 Å². The van der Waals surface area contributed by atoms with E-state index in [1.54, 1.807) is 7.11 Å². The van der Waals surface area contributed by atoms with E-state index in [4.69, 9.17) is 9.47 Å². The Labute approximate surface area is 86.0 Å². The second-order valence-electron chi connectivity index (χ2n) is 3.20. The van der Waals surface area contributed by atoms with E-state index in [1.807, 2.05) is 12.1 Å². The fourth-order valence-corrected chi connectivity index (χ4v) is 1.86. The minimum absolute atomic E-state index is 0.205. The first-order valence-electron chi connectivity index (χ1n) is 4.16. The second kappa shape index (κ2) is 3.40. The molecular formula is C10H11BrO2. The zero-order chi connectivity index (χ0) is 9.31. The number of methoxy groups -OCH3 is 1. The summed E-state index contributed by atoms with van der Waals surface area (Å²) in [4.78, 5) is 0. The minimum Gasteiger partial charge on any atom is -0.375 e. The molecule has 0 spiro atoms. The summed E-state index contributed by atoms with van der Waals surface area (Å²) in [5, 5.41) is 0. The van der Waals surface area contributed by atoms with Crippen LogP contribution in [0, 0.1) is 0 Å². The third-order valence-corrected chi connectivity index (χ3v) is 2.91. The van der Waals surface area contributed by atoms with Crippen molar-refractivity contribution in [2.24, 2.45) is 0 Å². The zero-order valence-electron chi connectivity index (χ0n) is 7.42. The molecule has 0 unspecified atom stereocenters. The van der Waals surface area contributed by atoms with Crippen molar-refractivity contribution in [1.82, 2.24) is 0 Å². The fourth-order valence-electron chi connectivity index (χ4n) is 1.46. The molecule has 13 heavy (non-hydrogen) atoms. The Hall–Kier alpha value is -0.380. The Morgan fingerprint density at radius 1 is 1.46 bits per heavy atom. The van der Waals surface area contributed by atoms with Crippen molar-refractivity contribution in [1.29, 1.82) is 0 Å². The summed E-state index contributed by atoms with van der Waals surface area (Å²) in [6.07, 6.45) is 0. The molecule has 3 heteroatoms. The Balaban J connectivity index is 2.33. The molecule has 2 nitrogen and oxygen atoms in total. The van der Waals surface area contributed by atoms with Crippen molar-refractivity contribution in [3.8, 4) is 0 Å². The zero-order valence-corrected chi connectivity index (χ0v) is 9.00. The molecule has 0 saturated carbocycles. The molecule has 1 heterocycles. The van der Waals surface area contributed by atoms with E-state index in [0.717, 1.165) is 4.47 Å². The molecule has 0 aliphatic carbocycles. The lowest BCUT2D eigenvalue weighted by Crippen LogP contribution is -2.48. The summed E-state index contributed by atoms with van der Waals surface area (Å²) in [5.74, 6) is 0. The van der Waals surface area contributed by atoms with E-state index in [-0.39, 0.29) is 5.60 Å². The Morgan fingerprint density at radius 2 is 2.23 bits per heavy atom. The standard InChI is InChI=1S/C10H11BrO2/c1-12-10(6-13-7-10)8-3-2-4-9(11)5-8/h2-5H,6-7H2,1H3. The predicted octanol–water partition coefficient (Wildman–Crippen LogP) is 2.32. The molecule has 1 fully saturated rings. The maximum atomic E-state index is 5.47. The number of halogens is 1. The summed E-state index contributed by atoms with van der Waals surface area (Å²) in [7, 11) is 1.73. The van der Waals surface area contributed by atoms with Crippen LogP contribution in [-0.2, 0) is 15.1 Å². The van der Waals surface area contributed by atoms with E-state index in [9.17, 15) is 0 Å². The average molecular weight is 243 g/mol. The van der Waals surface area contributed by atoms with E-state index >= 15 is 0 Å². The number of rotatable bonds is 2. The van der Waals surface area contributed by atoms with Crippen LogP contribution in [0.2, 0.25) is 0 Å². The van der Waals surface area contributed by atoms with Gasteiger partial charge in [-0.05, 0) is 17.7 Å². The lowest BCUT2D eigenvalue weighted by Gasteiger charge is -2.40. The topological polar surface area (TPSA) is 18.5 Å². The van der Waals surface area contributed by atoms with Gasteiger partial charge in [0.1, 0.15) is 5.60 Å². The smallest absolute Gasteiger partial charge is 0.139 e. The van der Waals surface area contributed by atoms with E-state index < -0.39 is 0 Å². The molecule has 1 aromatic rings. The second-order valence-corrected chi connectivity index (χ2v) is 4.12. The molecule has 1 saturated heterocycles. The monoisotopic (exact) mass is 242 g/mol. The summed E-state index contributed by atoms with van der Waals surface area (Å²) in [6.45, 7) is 1.31. The van der Waals surface area contributed by atoms with Gasteiger partial charge in [0.2, 0.25) is 0 Å². The van der Waals surface area contributed by atoms with Crippen LogP contribution in [-0.4, -0.2) is 20.3 Å². The molecular weight excluding hydrogens is 232 g/mol. The van der Waals surface area contributed by atoms with Gasteiger partial charge in [0, 0.05) is 11.6 Å². The van der Waals surface area contributed by atoms with Crippen molar-refractivity contribution < 1.29 is 9.47 Å². The third-order valence-electron chi connectivity index (χ3n) is 2.41. The van der Waals surface area contributed by atoms with Crippen molar-refractivity contribution in [3.63, 3.8) is 0 Å². The number of benzene rings is 1. The fraction of sp³-hybridized carbons (Fsp3) is 0.400. The van der Waals surface area contributed by atoms with Crippen LogP contribution >= 0.6 is 15.9 Å². The normalized spacial score (nSPS) is 19.5. The van der Waals surface area contributed by atoms with Gasteiger partial charge in [-0.25, -0.2) is 0 Å². The van der Waals surface area contributed by atoms with Gasteiger partial charge in [-0.2, -0.15) is 0 Å². The molecule has 0 N–H and O–H groups in total. The van der Waals surface area contributed by atoms with Crippen molar-refractivity contribution in [2.45, 2.75) is 5.60 Å². The summed E-state index contributed by atoms with van der Waals surface area (Å²) in [5.41, 5.74) is 0.972. The van der Waals surface area contributed by atoms with Crippen molar-refractivity contribution in [2.75, 3.05) is 20.3 Å². The lowest BCUT2D eigenvalue weighted by molar-refractivity contribution is -0.202. The van der Waals surface area contributed by atoms with Crippen LogP contribution in [0.25, 0.3) is 0 Å². The van der Waals surface area contributed by atoms with E-state index in [1.165, 1.54) is 5.56 Å². The molecule has 0 amide bonds. The lowest BCUT2D eigenvalue weighted by atomic mass is 9.92. The Kier molecular flexibility index (Phi) is 2.41. The molecule has 1 aliphatic heterocycles. The van der Waals surface area contributed by atoms with Crippen molar-refractivity contribution >= 4 is 15.9 Å². The minimum atomic E-state index is -0.205. The van der Waals surface area contributed by atoms with Crippen molar-refractivity contribution in [3.05, 3.63) is 34.3 Å². The van der Waals surface area contributed by atoms with Crippen LogP contribution in [0.4, 0.5) is 0 Å².